The molecule has 1 aliphatic rings. The van der Waals surface area contributed by atoms with Gasteiger partial charge in [-0.05, 0) is 35.9 Å². The van der Waals surface area contributed by atoms with Crippen molar-refractivity contribution in [2.75, 3.05) is 44.2 Å². The van der Waals surface area contributed by atoms with Gasteiger partial charge in [0, 0.05) is 44.0 Å². The van der Waals surface area contributed by atoms with Crippen molar-refractivity contribution >= 4 is 30.5 Å². The number of aliphatic hydroxyl groups is 1. The molecule has 4 rings (SSSR count). The van der Waals surface area contributed by atoms with Gasteiger partial charge in [-0.3, -0.25) is 4.90 Å². The maximum atomic E-state index is 13.1. The number of para-hydroxylation sites is 1. The molecule has 32 heavy (non-hydrogen) atoms. The van der Waals surface area contributed by atoms with Crippen molar-refractivity contribution in [1.29, 1.82) is 0 Å². The summed E-state index contributed by atoms with van der Waals surface area (Å²) >= 11 is 0. The first-order valence-corrected chi connectivity index (χ1v) is 10.4. The van der Waals surface area contributed by atoms with Crippen LogP contribution in [0.4, 0.5) is 10.1 Å². The van der Waals surface area contributed by atoms with Gasteiger partial charge >= 0.3 is 0 Å². The van der Waals surface area contributed by atoms with Gasteiger partial charge in [0.15, 0.2) is 0 Å². The van der Waals surface area contributed by atoms with E-state index < -0.39 is 6.10 Å². The van der Waals surface area contributed by atoms with Crippen molar-refractivity contribution in [1.82, 2.24) is 4.90 Å². The number of nitrogens with zero attached hydrogens (tertiary/aromatic N) is 2. The standard InChI is InChI=1S/C25H27FN2O2.2ClH/c26-21-10-12-22(13-11-21)28-16-14-27(15-17-28)18-23(29)19-30-25-9-5-4-8-24(25)20-6-2-1-3-7-20;;/h1-13,23,29H,14-19H2;2*1H. The molecule has 0 bridgehead atoms. The molecule has 0 amide bonds. The Balaban J connectivity index is 0.00000181. The second-order valence-corrected chi connectivity index (χ2v) is 7.59. The molecule has 0 aromatic heterocycles. The van der Waals surface area contributed by atoms with E-state index in [0.29, 0.717) is 6.54 Å². The minimum Gasteiger partial charge on any atom is -0.490 e. The molecule has 1 atom stereocenters. The van der Waals surface area contributed by atoms with E-state index in [9.17, 15) is 9.50 Å². The Morgan fingerprint density at radius 2 is 1.44 bits per heavy atom. The number of hydrogen-bond donors (Lipinski definition) is 1. The third-order valence-corrected chi connectivity index (χ3v) is 5.44. The Labute approximate surface area is 201 Å². The van der Waals surface area contributed by atoms with Crippen molar-refractivity contribution in [3.05, 3.63) is 84.7 Å². The van der Waals surface area contributed by atoms with Gasteiger partial charge in [-0.25, -0.2) is 4.39 Å². The zero-order valence-corrected chi connectivity index (χ0v) is 19.4. The van der Waals surface area contributed by atoms with Gasteiger partial charge in [-0.2, -0.15) is 0 Å². The number of hydrogen-bond acceptors (Lipinski definition) is 4. The third-order valence-electron chi connectivity index (χ3n) is 5.44. The average molecular weight is 479 g/mol. The van der Waals surface area contributed by atoms with E-state index in [1.54, 1.807) is 0 Å². The van der Waals surface area contributed by atoms with Gasteiger partial charge in [0.1, 0.15) is 24.3 Å². The van der Waals surface area contributed by atoms with Crippen molar-refractivity contribution in [2.24, 2.45) is 0 Å². The Bertz CT molecular complexity index is 936. The number of rotatable bonds is 7. The molecule has 172 valence electrons. The van der Waals surface area contributed by atoms with Crippen LogP contribution in [0.2, 0.25) is 0 Å². The summed E-state index contributed by atoms with van der Waals surface area (Å²) in [4.78, 5) is 4.49. The smallest absolute Gasteiger partial charge is 0.127 e. The highest BCUT2D eigenvalue weighted by Crippen LogP contribution is 2.29. The lowest BCUT2D eigenvalue weighted by Gasteiger charge is -2.36. The van der Waals surface area contributed by atoms with E-state index in [2.05, 4.69) is 21.9 Å². The molecule has 7 heteroatoms. The normalized spacial score (nSPS) is 14.8. The van der Waals surface area contributed by atoms with Crippen LogP contribution in [0, 0.1) is 5.82 Å². The number of anilines is 1. The molecule has 0 aliphatic carbocycles. The zero-order chi connectivity index (χ0) is 20.8. The van der Waals surface area contributed by atoms with Crippen molar-refractivity contribution < 1.29 is 14.2 Å². The summed E-state index contributed by atoms with van der Waals surface area (Å²) in [5, 5.41) is 10.5. The van der Waals surface area contributed by atoms with E-state index >= 15 is 0 Å². The predicted octanol–water partition coefficient (Wildman–Crippen LogP) is 4.90. The first-order valence-electron chi connectivity index (χ1n) is 10.4. The van der Waals surface area contributed by atoms with Gasteiger partial charge in [-0.15, -0.1) is 24.8 Å². The average Bonchev–Trinajstić information content (AvgIpc) is 2.80. The molecule has 0 radical (unpaired) electrons. The van der Waals surface area contributed by atoms with Crippen molar-refractivity contribution in [3.63, 3.8) is 0 Å². The molecule has 1 heterocycles. The van der Waals surface area contributed by atoms with Gasteiger partial charge in [0.2, 0.25) is 0 Å². The highest BCUT2D eigenvalue weighted by molar-refractivity contribution is 5.85. The summed E-state index contributed by atoms with van der Waals surface area (Å²) in [6.45, 7) is 4.25. The predicted molar refractivity (Wildman–Crippen MR) is 133 cm³/mol. The Morgan fingerprint density at radius 3 is 2.12 bits per heavy atom. The number of β-amino-alcohol motifs (C(OH)–C–C–N with tert-alkyl or cyclic N) is 1. The fraction of sp³-hybridized carbons (Fsp3) is 0.280. The highest BCUT2D eigenvalue weighted by atomic mass is 35.5. The van der Waals surface area contributed by atoms with Gasteiger partial charge in [0.05, 0.1) is 0 Å². The van der Waals surface area contributed by atoms with Crippen LogP contribution in [0.1, 0.15) is 0 Å². The third kappa shape index (κ3) is 6.84. The summed E-state index contributed by atoms with van der Waals surface area (Å²) in [5.41, 5.74) is 3.16. The lowest BCUT2D eigenvalue weighted by atomic mass is 10.1. The molecule has 1 fully saturated rings. The van der Waals surface area contributed by atoms with Crippen LogP contribution in [0.5, 0.6) is 5.75 Å². The molecule has 1 N–H and O–H groups in total. The van der Waals surface area contributed by atoms with Crippen molar-refractivity contribution in [3.8, 4) is 16.9 Å². The Kier molecular flexibility index (Phi) is 10.3. The Morgan fingerprint density at radius 1 is 0.812 bits per heavy atom. The number of piperazine rings is 1. The molecule has 0 saturated carbocycles. The molecule has 0 spiro atoms. The number of ether oxygens (including phenoxy) is 1. The maximum absolute atomic E-state index is 13.1. The van der Waals surface area contributed by atoms with E-state index in [1.807, 2.05) is 54.6 Å². The monoisotopic (exact) mass is 478 g/mol. The molecular formula is C25H29Cl2FN2O2. The van der Waals surface area contributed by atoms with Crippen LogP contribution in [0.15, 0.2) is 78.9 Å². The van der Waals surface area contributed by atoms with E-state index in [0.717, 1.165) is 48.7 Å². The van der Waals surface area contributed by atoms with Crippen LogP contribution >= 0.6 is 24.8 Å². The first-order chi connectivity index (χ1) is 14.7. The fourth-order valence-electron chi connectivity index (χ4n) is 3.83. The van der Waals surface area contributed by atoms with Crippen LogP contribution in [-0.2, 0) is 0 Å². The highest BCUT2D eigenvalue weighted by Gasteiger charge is 2.20. The number of halogens is 3. The summed E-state index contributed by atoms with van der Waals surface area (Å²) in [6, 6.07) is 24.7. The zero-order valence-electron chi connectivity index (χ0n) is 17.8. The molecule has 4 nitrogen and oxygen atoms in total. The van der Waals surface area contributed by atoms with E-state index in [4.69, 9.17) is 4.74 Å². The lowest BCUT2D eigenvalue weighted by molar-refractivity contribution is 0.0665. The number of benzene rings is 3. The second kappa shape index (κ2) is 12.7. The Hall–Kier alpha value is -2.31. The lowest BCUT2D eigenvalue weighted by Crippen LogP contribution is -2.49. The minimum atomic E-state index is -0.564. The fourth-order valence-corrected chi connectivity index (χ4v) is 3.83. The summed E-state index contributed by atoms with van der Waals surface area (Å²) < 4.78 is 19.1. The summed E-state index contributed by atoms with van der Waals surface area (Å²) in [5.74, 6) is 0.568. The minimum absolute atomic E-state index is 0. The molecule has 3 aromatic carbocycles. The van der Waals surface area contributed by atoms with Gasteiger partial charge in [0.25, 0.3) is 0 Å². The quantitative estimate of drug-likeness (QED) is 0.523. The molecule has 1 aliphatic heterocycles. The molecular weight excluding hydrogens is 450 g/mol. The topological polar surface area (TPSA) is 35.9 Å². The van der Waals surface area contributed by atoms with Crippen LogP contribution in [0.3, 0.4) is 0 Å². The van der Waals surface area contributed by atoms with E-state index in [1.165, 1.54) is 12.1 Å². The van der Waals surface area contributed by atoms with Crippen LogP contribution < -0.4 is 9.64 Å². The molecule has 3 aromatic rings. The summed E-state index contributed by atoms with van der Waals surface area (Å²) in [7, 11) is 0. The number of aliphatic hydroxyl groups excluding tert-OH is 1. The SMILES string of the molecule is Cl.Cl.OC(COc1ccccc1-c1ccccc1)CN1CCN(c2ccc(F)cc2)CC1. The molecule has 1 unspecified atom stereocenters. The van der Waals surface area contributed by atoms with Crippen LogP contribution in [-0.4, -0.2) is 55.4 Å². The van der Waals surface area contributed by atoms with Gasteiger partial charge in [-0.1, -0.05) is 48.5 Å². The largest absolute Gasteiger partial charge is 0.490 e. The second-order valence-electron chi connectivity index (χ2n) is 7.59. The van der Waals surface area contributed by atoms with E-state index in [-0.39, 0.29) is 37.2 Å². The van der Waals surface area contributed by atoms with Crippen molar-refractivity contribution in [2.45, 2.75) is 6.10 Å². The maximum Gasteiger partial charge on any atom is 0.127 e. The molecule has 1 saturated heterocycles. The first kappa shape index (κ1) is 25.9. The van der Waals surface area contributed by atoms with Crippen LogP contribution in [0.25, 0.3) is 11.1 Å². The van der Waals surface area contributed by atoms with Gasteiger partial charge < -0.3 is 14.7 Å². The summed E-state index contributed by atoms with van der Waals surface area (Å²) in [6.07, 6.45) is -0.564.